The minimum absolute atomic E-state index is 0.0772. The summed E-state index contributed by atoms with van der Waals surface area (Å²) in [6, 6.07) is 14.3. The van der Waals surface area contributed by atoms with Crippen molar-refractivity contribution >= 4 is 15.9 Å². The van der Waals surface area contributed by atoms with E-state index in [4.69, 9.17) is 9.47 Å². The fraction of sp³-hybridized carbons (Fsp3) is 0.294. The first-order valence-electron chi connectivity index (χ1n) is 6.90. The lowest BCUT2D eigenvalue weighted by Gasteiger charge is -2.22. The maximum absolute atomic E-state index is 5.54. The predicted octanol–water partition coefficient (Wildman–Crippen LogP) is 4.17. The Labute approximate surface area is 134 Å². The highest BCUT2D eigenvalue weighted by molar-refractivity contribution is 9.10. The summed E-state index contributed by atoms with van der Waals surface area (Å²) in [7, 11) is 3.34. The maximum atomic E-state index is 5.54. The van der Waals surface area contributed by atoms with Crippen molar-refractivity contribution in [3.63, 3.8) is 0 Å². The largest absolute Gasteiger partial charge is 0.497 e. The van der Waals surface area contributed by atoms with Crippen LogP contribution in [0, 0.1) is 0 Å². The molecule has 0 radical (unpaired) electrons. The molecule has 0 saturated heterocycles. The molecular weight excluding hydrogens is 330 g/mol. The highest BCUT2D eigenvalue weighted by Crippen LogP contribution is 2.33. The maximum Gasteiger partial charge on any atom is 0.127 e. The van der Waals surface area contributed by atoms with Crippen LogP contribution in [0.15, 0.2) is 46.9 Å². The van der Waals surface area contributed by atoms with E-state index in [1.165, 1.54) is 5.56 Å². The van der Waals surface area contributed by atoms with Gasteiger partial charge in [0, 0.05) is 16.1 Å². The Kier molecular flexibility index (Phi) is 5.65. The van der Waals surface area contributed by atoms with Crippen molar-refractivity contribution in [2.45, 2.75) is 13.0 Å². The zero-order valence-corrected chi connectivity index (χ0v) is 14.1. The number of methoxy groups -OCH3 is 2. The third-order valence-corrected chi connectivity index (χ3v) is 3.84. The molecule has 0 heterocycles. The van der Waals surface area contributed by atoms with Gasteiger partial charge in [-0.2, -0.15) is 0 Å². The third-order valence-electron chi connectivity index (χ3n) is 3.34. The molecule has 0 bridgehead atoms. The lowest BCUT2D eigenvalue weighted by Crippen LogP contribution is -2.22. The number of rotatable bonds is 6. The zero-order chi connectivity index (χ0) is 15.2. The van der Waals surface area contributed by atoms with Gasteiger partial charge >= 0.3 is 0 Å². The number of halogens is 1. The Morgan fingerprint density at radius 1 is 1.10 bits per heavy atom. The van der Waals surface area contributed by atoms with E-state index in [0.717, 1.165) is 28.1 Å². The zero-order valence-electron chi connectivity index (χ0n) is 12.5. The summed E-state index contributed by atoms with van der Waals surface area (Å²) < 4.78 is 11.9. The van der Waals surface area contributed by atoms with Gasteiger partial charge in [0.25, 0.3) is 0 Å². The van der Waals surface area contributed by atoms with Crippen LogP contribution in [0.4, 0.5) is 0 Å². The second-order valence-corrected chi connectivity index (χ2v) is 5.57. The van der Waals surface area contributed by atoms with Crippen LogP contribution in [-0.4, -0.2) is 20.8 Å². The monoisotopic (exact) mass is 349 g/mol. The molecule has 0 amide bonds. The Morgan fingerprint density at radius 2 is 1.90 bits per heavy atom. The first-order chi connectivity index (χ1) is 10.2. The summed E-state index contributed by atoms with van der Waals surface area (Å²) in [5.41, 5.74) is 2.29. The number of ether oxygens (including phenoxy) is 2. The predicted molar refractivity (Wildman–Crippen MR) is 89.2 cm³/mol. The van der Waals surface area contributed by atoms with E-state index >= 15 is 0 Å². The molecule has 0 saturated carbocycles. The quantitative estimate of drug-likeness (QED) is 0.848. The molecule has 2 aromatic rings. The van der Waals surface area contributed by atoms with Crippen molar-refractivity contribution in [1.29, 1.82) is 0 Å². The van der Waals surface area contributed by atoms with E-state index in [1.54, 1.807) is 14.2 Å². The number of benzene rings is 2. The minimum Gasteiger partial charge on any atom is -0.497 e. The molecule has 0 aromatic heterocycles. The molecule has 0 fully saturated rings. The lowest BCUT2D eigenvalue weighted by molar-refractivity contribution is 0.387. The molecule has 2 rings (SSSR count). The van der Waals surface area contributed by atoms with Crippen LogP contribution in [0.1, 0.15) is 24.1 Å². The Balaban J connectivity index is 2.47. The summed E-state index contributed by atoms with van der Waals surface area (Å²) in [6.07, 6.45) is 0. The normalized spacial score (nSPS) is 12.0. The van der Waals surface area contributed by atoms with Crippen LogP contribution >= 0.6 is 15.9 Å². The van der Waals surface area contributed by atoms with Gasteiger partial charge in [0.2, 0.25) is 0 Å². The Hall–Kier alpha value is -1.52. The van der Waals surface area contributed by atoms with Crippen molar-refractivity contribution in [2.24, 2.45) is 0 Å². The van der Waals surface area contributed by atoms with Crippen LogP contribution in [0.5, 0.6) is 11.5 Å². The third kappa shape index (κ3) is 3.77. The highest BCUT2D eigenvalue weighted by atomic mass is 79.9. The molecule has 1 N–H and O–H groups in total. The highest BCUT2D eigenvalue weighted by Gasteiger charge is 2.18. The van der Waals surface area contributed by atoms with E-state index in [0.29, 0.717) is 0 Å². The number of hydrogen-bond acceptors (Lipinski definition) is 3. The molecule has 0 spiro atoms. The van der Waals surface area contributed by atoms with Crippen molar-refractivity contribution in [3.05, 3.63) is 58.1 Å². The van der Waals surface area contributed by atoms with Gasteiger partial charge in [-0.15, -0.1) is 0 Å². The van der Waals surface area contributed by atoms with Crippen molar-refractivity contribution in [1.82, 2.24) is 5.32 Å². The average Bonchev–Trinajstić information content (AvgIpc) is 2.52. The topological polar surface area (TPSA) is 30.5 Å². The molecule has 1 unspecified atom stereocenters. The van der Waals surface area contributed by atoms with E-state index in [1.807, 2.05) is 30.3 Å². The van der Waals surface area contributed by atoms with Crippen LogP contribution in [0.2, 0.25) is 0 Å². The van der Waals surface area contributed by atoms with Gasteiger partial charge in [-0.1, -0.05) is 35.0 Å². The number of nitrogens with one attached hydrogen (secondary N) is 1. The van der Waals surface area contributed by atoms with Crippen LogP contribution in [-0.2, 0) is 0 Å². The van der Waals surface area contributed by atoms with Crippen LogP contribution in [0.3, 0.4) is 0 Å². The average molecular weight is 350 g/mol. The molecule has 112 valence electrons. The van der Waals surface area contributed by atoms with E-state index < -0.39 is 0 Å². The molecule has 0 aliphatic heterocycles. The van der Waals surface area contributed by atoms with Gasteiger partial charge < -0.3 is 14.8 Å². The SMILES string of the molecule is CCNC(c1cccc(Br)c1)c1ccc(OC)cc1OC. The first-order valence-corrected chi connectivity index (χ1v) is 7.69. The van der Waals surface area contributed by atoms with Crippen molar-refractivity contribution < 1.29 is 9.47 Å². The van der Waals surface area contributed by atoms with E-state index in [-0.39, 0.29) is 6.04 Å². The fourth-order valence-electron chi connectivity index (χ4n) is 2.35. The van der Waals surface area contributed by atoms with Gasteiger partial charge in [-0.25, -0.2) is 0 Å². The molecule has 0 aliphatic rings. The van der Waals surface area contributed by atoms with Crippen LogP contribution < -0.4 is 14.8 Å². The smallest absolute Gasteiger partial charge is 0.127 e. The fourth-order valence-corrected chi connectivity index (χ4v) is 2.77. The number of hydrogen-bond donors (Lipinski definition) is 1. The molecular formula is C17H20BrNO2. The van der Waals surface area contributed by atoms with Gasteiger partial charge in [-0.05, 0) is 36.4 Å². The molecule has 3 nitrogen and oxygen atoms in total. The Bertz CT molecular complexity index is 601. The van der Waals surface area contributed by atoms with Crippen LogP contribution in [0.25, 0.3) is 0 Å². The second kappa shape index (κ2) is 7.48. The van der Waals surface area contributed by atoms with E-state index in [2.05, 4.69) is 40.3 Å². The van der Waals surface area contributed by atoms with E-state index in [9.17, 15) is 0 Å². The lowest BCUT2D eigenvalue weighted by atomic mass is 9.97. The second-order valence-electron chi connectivity index (χ2n) is 4.65. The standard InChI is InChI=1S/C17H20BrNO2/c1-4-19-17(12-6-5-7-13(18)10-12)15-9-8-14(20-2)11-16(15)21-3/h5-11,17,19H,4H2,1-3H3. The Morgan fingerprint density at radius 3 is 2.52 bits per heavy atom. The van der Waals surface area contributed by atoms with Crippen molar-refractivity contribution in [3.8, 4) is 11.5 Å². The molecule has 21 heavy (non-hydrogen) atoms. The molecule has 2 aromatic carbocycles. The molecule has 1 atom stereocenters. The van der Waals surface area contributed by atoms with Gasteiger partial charge in [0.1, 0.15) is 11.5 Å². The van der Waals surface area contributed by atoms with Gasteiger partial charge in [-0.3, -0.25) is 0 Å². The van der Waals surface area contributed by atoms with Gasteiger partial charge in [0.05, 0.1) is 20.3 Å². The summed E-state index contributed by atoms with van der Waals surface area (Å²) in [4.78, 5) is 0. The summed E-state index contributed by atoms with van der Waals surface area (Å²) in [5, 5.41) is 3.51. The summed E-state index contributed by atoms with van der Waals surface area (Å²) in [6.45, 7) is 2.97. The summed E-state index contributed by atoms with van der Waals surface area (Å²) in [5.74, 6) is 1.61. The van der Waals surface area contributed by atoms with Gasteiger partial charge in [0.15, 0.2) is 0 Å². The molecule has 0 aliphatic carbocycles. The molecule has 4 heteroatoms. The minimum atomic E-state index is 0.0772. The van der Waals surface area contributed by atoms with Crippen molar-refractivity contribution in [2.75, 3.05) is 20.8 Å². The summed E-state index contributed by atoms with van der Waals surface area (Å²) >= 11 is 3.53. The first kappa shape index (κ1) is 15.9.